The summed E-state index contributed by atoms with van der Waals surface area (Å²) >= 11 is 0. The van der Waals surface area contributed by atoms with Crippen molar-refractivity contribution in [2.24, 2.45) is 0 Å². The first-order valence-corrected chi connectivity index (χ1v) is 7.25. The molecule has 1 aromatic rings. The highest BCUT2D eigenvalue weighted by Crippen LogP contribution is 2.18. The number of hydrogen-bond donors (Lipinski definition) is 2. The van der Waals surface area contributed by atoms with E-state index < -0.39 is 0 Å². The SMILES string of the molecule is CC.CC.Cc1ccc(C)c(OCCNCCO)c1. The molecule has 0 radical (unpaired) electrons. The van der Waals surface area contributed by atoms with E-state index in [9.17, 15) is 0 Å². The van der Waals surface area contributed by atoms with Crippen LogP contribution in [-0.4, -0.2) is 31.4 Å². The zero-order chi connectivity index (χ0) is 15.1. The van der Waals surface area contributed by atoms with Crippen molar-refractivity contribution in [1.29, 1.82) is 0 Å². The second kappa shape index (κ2) is 15.0. The Morgan fingerprint density at radius 2 is 1.68 bits per heavy atom. The first-order chi connectivity index (χ1) is 9.24. The molecule has 0 aliphatic carbocycles. The van der Waals surface area contributed by atoms with Gasteiger partial charge in [0.25, 0.3) is 0 Å². The maximum Gasteiger partial charge on any atom is 0.122 e. The van der Waals surface area contributed by atoms with E-state index in [1.54, 1.807) is 0 Å². The number of ether oxygens (including phenoxy) is 1. The average molecular weight is 269 g/mol. The van der Waals surface area contributed by atoms with E-state index in [4.69, 9.17) is 9.84 Å². The van der Waals surface area contributed by atoms with Gasteiger partial charge in [0.15, 0.2) is 0 Å². The fraction of sp³-hybridized carbons (Fsp3) is 0.625. The Kier molecular flexibility index (Phi) is 16.0. The van der Waals surface area contributed by atoms with Gasteiger partial charge in [-0.05, 0) is 31.0 Å². The summed E-state index contributed by atoms with van der Waals surface area (Å²) < 4.78 is 5.62. The minimum absolute atomic E-state index is 0.170. The third kappa shape index (κ3) is 10.5. The van der Waals surface area contributed by atoms with Crippen molar-refractivity contribution < 1.29 is 9.84 Å². The van der Waals surface area contributed by atoms with Crippen molar-refractivity contribution in [3.63, 3.8) is 0 Å². The molecule has 0 atom stereocenters. The Morgan fingerprint density at radius 3 is 2.26 bits per heavy atom. The fourth-order valence-corrected chi connectivity index (χ4v) is 1.30. The van der Waals surface area contributed by atoms with Crippen LogP contribution in [0.2, 0.25) is 0 Å². The van der Waals surface area contributed by atoms with E-state index in [0.717, 1.165) is 17.9 Å². The lowest BCUT2D eigenvalue weighted by Gasteiger charge is -2.10. The molecule has 0 spiro atoms. The minimum atomic E-state index is 0.170. The normalized spacial score (nSPS) is 8.79. The average Bonchev–Trinajstić information content (AvgIpc) is 2.46. The molecule has 0 aliphatic rings. The second-order valence-corrected chi connectivity index (χ2v) is 3.59. The number of aliphatic hydroxyl groups is 1. The molecule has 112 valence electrons. The molecular weight excluding hydrogens is 238 g/mol. The van der Waals surface area contributed by atoms with Crippen LogP contribution >= 0.6 is 0 Å². The van der Waals surface area contributed by atoms with Gasteiger partial charge in [0.1, 0.15) is 12.4 Å². The number of benzene rings is 1. The van der Waals surface area contributed by atoms with Crippen LogP contribution in [0.25, 0.3) is 0 Å². The van der Waals surface area contributed by atoms with Gasteiger partial charge in [-0.15, -0.1) is 0 Å². The molecule has 0 unspecified atom stereocenters. The lowest BCUT2D eigenvalue weighted by atomic mass is 10.1. The number of aliphatic hydroxyl groups excluding tert-OH is 1. The van der Waals surface area contributed by atoms with E-state index in [-0.39, 0.29) is 6.61 Å². The summed E-state index contributed by atoms with van der Waals surface area (Å²) in [6.45, 7) is 14.3. The molecule has 0 saturated carbocycles. The topological polar surface area (TPSA) is 41.5 Å². The summed E-state index contributed by atoms with van der Waals surface area (Å²) in [5.41, 5.74) is 2.36. The summed E-state index contributed by atoms with van der Waals surface area (Å²) in [7, 11) is 0. The maximum absolute atomic E-state index is 8.56. The van der Waals surface area contributed by atoms with Gasteiger partial charge in [0, 0.05) is 13.1 Å². The molecule has 0 fully saturated rings. The minimum Gasteiger partial charge on any atom is -0.492 e. The quantitative estimate of drug-likeness (QED) is 0.778. The molecule has 1 aromatic carbocycles. The molecule has 1 rings (SSSR count). The monoisotopic (exact) mass is 269 g/mol. The highest BCUT2D eigenvalue weighted by Gasteiger charge is 1.98. The Morgan fingerprint density at radius 1 is 1.05 bits per heavy atom. The Labute approximate surface area is 119 Å². The summed E-state index contributed by atoms with van der Waals surface area (Å²) in [6, 6.07) is 6.18. The summed E-state index contributed by atoms with van der Waals surface area (Å²) in [6.07, 6.45) is 0. The van der Waals surface area contributed by atoms with Crippen molar-refractivity contribution in [2.75, 3.05) is 26.3 Å². The number of nitrogens with one attached hydrogen (secondary N) is 1. The van der Waals surface area contributed by atoms with Crippen LogP contribution in [0.1, 0.15) is 38.8 Å². The standard InChI is InChI=1S/C12H19NO2.2C2H6/c1-10-3-4-11(2)12(9-10)15-8-6-13-5-7-14;2*1-2/h3-4,9,13-14H,5-8H2,1-2H3;2*1-2H3. The predicted molar refractivity (Wildman–Crippen MR) is 84.1 cm³/mol. The molecule has 3 nitrogen and oxygen atoms in total. The Bertz CT molecular complexity index is 301. The highest BCUT2D eigenvalue weighted by molar-refractivity contribution is 5.35. The number of rotatable bonds is 6. The van der Waals surface area contributed by atoms with E-state index in [1.165, 1.54) is 5.56 Å². The van der Waals surface area contributed by atoms with Crippen molar-refractivity contribution in [1.82, 2.24) is 5.32 Å². The first kappa shape index (κ1) is 20.3. The van der Waals surface area contributed by atoms with Crippen molar-refractivity contribution >= 4 is 0 Å². The molecule has 3 heteroatoms. The zero-order valence-electron chi connectivity index (χ0n) is 13.4. The first-order valence-electron chi connectivity index (χ1n) is 7.25. The lowest BCUT2D eigenvalue weighted by Crippen LogP contribution is -2.24. The molecule has 2 N–H and O–H groups in total. The van der Waals surface area contributed by atoms with Gasteiger partial charge in [-0.25, -0.2) is 0 Å². The van der Waals surface area contributed by atoms with Gasteiger partial charge in [0.05, 0.1) is 6.61 Å². The van der Waals surface area contributed by atoms with E-state index in [1.807, 2.05) is 40.7 Å². The van der Waals surface area contributed by atoms with Gasteiger partial charge in [0.2, 0.25) is 0 Å². The summed E-state index contributed by atoms with van der Waals surface area (Å²) in [4.78, 5) is 0. The summed E-state index contributed by atoms with van der Waals surface area (Å²) in [5.74, 6) is 0.945. The molecule has 0 heterocycles. The van der Waals surface area contributed by atoms with Crippen molar-refractivity contribution in [3.05, 3.63) is 29.3 Å². The van der Waals surface area contributed by atoms with Crippen LogP contribution in [0.5, 0.6) is 5.75 Å². The zero-order valence-corrected chi connectivity index (χ0v) is 13.4. The highest BCUT2D eigenvalue weighted by atomic mass is 16.5. The van der Waals surface area contributed by atoms with Gasteiger partial charge in [-0.2, -0.15) is 0 Å². The molecule has 0 bridgehead atoms. The Hall–Kier alpha value is -1.06. The van der Waals surface area contributed by atoms with E-state index in [0.29, 0.717) is 13.2 Å². The van der Waals surface area contributed by atoms with Crippen LogP contribution in [0.15, 0.2) is 18.2 Å². The third-order valence-corrected chi connectivity index (χ3v) is 2.17. The lowest BCUT2D eigenvalue weighted by molar-refractivity contribution is 0.275. The van der Waals surface area contributed by atoms with Gasteiger partial charge >= 0.3 is 0 Å². The van der Waals surface area contributed by atoms with Crippen molar-refractivity contribution in [2.45, 2.75) is 41.5 Å². The van der Waals surface area contributed by atoms with Gasteiger partial charge in [-0.1, -0.05) is 39.8 Å². The number of hydrogen-bond acceptors (Lipinski definition) is 3. The van der Waals surface area contributed by atoms with Crippen LogP contribution in [-0.2, 0) is 0 Å². The van der Waals surface area contributed by atoms with E-state index in [2.05, 4.69) is 24.4 Å². The van der Waals surface area contributed by atoms with Crippen LogP contribution < -0.4 is 10.1 Å². The van der Waals surface area contributed by atoms with E-state index >= 15 is 0 Å². The predicted octanol–water partition coefficient (Wildman–Crippen LogP) is 3.32. The maximum atomic E-state index is 8.56. The second-order valence-electron chi connectivity index (χ2n) is 3.59. The molecule has 0 saturated heterocycles. The van der Waals surface area contributed by atoms with Crippen LogP contribution in [0.4, 0.5) is 0 Å². The smallest absolute Gasteiger partial charge is 0.122 e. The third-order valence-electron chi connectivity index (χ3n) is 2.17. The van der Waals surface area contributed by atoms with Crippen molar-refractivity contribution in [3.8, 4) is 5.75 Å². The molecule has 19 heavy (non-hydrogen) atoms. The fourth-order valence-electron chi connectivity index (χ4n) is 1.30. The molecule has 0 amide bonds. The van der Waals surface area contributed by atoms with Gasteiger partial charge in [-0.3, -0.25) is 0 Å². The Balaban J connectivity index is 0. The molecular formula is C16H31NO2. The summed E-state index contributed by atoms with van der Waals surface area (Å²) in [5, 5.41) is 11.6. The molecule has 0 aliphatic heterocycles. The molecule has 0 aromatic heterocycles. The van der Waals surface area contributed by atoms with Crippen LogP contribution in [0, 0.1) is 13.8 Å². The van der Waals surface area contributed by atoms with Gasteiger partial charge < -0.3 is 15.2 Å². The largest absolute Gasteiger partial charge is 0.492 e. The number of aryl methyl sites for hydroxylation is 2. The van der Waals surface area contributed by atoms with Crippen LogP contribution in [0.3, 0.4) is 0 Å².